The number of aliphatic hydroxyl groups is 1. The molecule has 0 spiro atoms. The number of hydrogen-bond acceptors (Lipinski definition) is 3. The fraction of sp³-hybridized carbons (Fsp3) is 0.278. The third-order valence-corrected chi connectivity index (χ3v) is 3.39. The van der Waals surface area contributed by atoms with Crippen molar-refractivity contribution < 1.29 is 14.6 Å². The van der Waals surface area contributed by atoms with Crippen LogP contribution in [-0.4, -0.2) is 35.7 Å². The van der Waals surface area contributed by atoms with Gasteiger partial charge in [-0.05, 0) is 43.7 Å². The molecule has 0 heterocycles. The van der Waals surface area contributed by atoms with Crippen LogP contribution in [0.5, 0.6) is 11.5 Å². The molecule has 0 aliphatic carbocycles. The van der Waals surface area contributed by atoms with Crippen LogP contribution in [0.3, 0.4) is 0 Å². The number of urea groups is 1. The van der Waals surface area contributed by atoms with E-state index in [0.29, 0.717) is 30.3 Å². The van der Waals surface area contributed by atoms with E-state index in [0.717, 1.165) is 5.56 Å². The van der Waals surface area contributed by atoms with Crippen LogP contribution in [0.25, 0.3) is 0 Å². The van der Waals surface area contributed by atoms with E-state index in [1.54, 1.807) is 0 Å². The lowest BCUT2D eigenvalue weighted by molar-refractivity contribution is 0.192. The van der Waals surface area contributed by atoms with E-state index in [1.165, 1.54) is 4.90 Å². The van der Waals surface area contributed by atoms with Crippen molar-refractivity contribution in [3.63, 3.8) is 0 Å². The average molecular weight is 314 g/mol. The van der Waals surface area contributed by atoms with Crippen molar-refractivity contribution in [1.29, 1.82) is 0 Å². The molecule has 0 unspecified atom stereocenters. The molecular formula is C18H22N2O3. The van der Waals surface area contributed by atoms with Gasteiger partial charge in [0.1, 0.15) is 5.75 Å². The predicted octanol–water partition coefficient (Wildman–Crippen LogP) is 3.63. The van der Waals surface area contributed by atoms with Crippen LogP contribution < -0.4 is 10.1 Å². The Morgan fingerprint density at radius 3 is 2.61 bits per heavy atom. The van der Waals surface area contributed by atoms with E-state index in [2.05, 4.69) is 5.32 Å². The molecule has 2 amide bonds. The SMILES string of the molecule is CCN(CCO)C(=O)Nc1cc(C)ccc1Oc1ccccc1. The zero-order valence-electron chi connectivity index (χ0n) is 13.5. The first-order chi connectivity index (χ1) is 11.1. The first-order valence-electron chi connectivity index (χ1n) is 7.64. The van der Waals surface area contributed by atoms with Gasteiger partial charge in [-0.3, -0.25) is 0 Å². The van der Waals surface area contributed by atoms with Gasteiger partial charge in [0.25, 0.3) is 0 Å². The highest BCUT2D eigenvalue weighted by Gasteiger charge is 2.14. The van der Waals surface area contributed by atoms with Crippen molar-refractivity contribution in [1.82, 2.24) is 4.90 Å². The van der Waals surface area contributed by atoms with Gasteiger partial charge in [-0.2, -0.15) is 0 Å². The van der Waals surface area contributed by atoms with Gasteiger partial charge in [-0.1, -0.05) is 24.3 Å². The molecule has 2 N–H and O–H groups in total. The molecule has 5 heteroatoms. The highest BCUT2D eigenvalue weighted by Crippen LogP contribution is 2.30. The number of carbonyl (C=O) groups excluding carboxylic acids is 1. The van der Waals surface area contributed by atoms with E-state index in [1.807, 2.05) is 62.4 Å². The van der Waals surface area contributed by atoms with Gasteiger partial charge in [-0.25, -0.2) is 4.79 Å². The molecule has 0 radical (unpaired) electrons. The molecule has 0 aliphatic rings. The third kappa shape index (κ3) is 4.72. The number of amides is 2. The zero-order chi connectivity index (χ0) is 16.7. The monoisotopic (exact) mass is 314 g/mol. The molecule has 0 saturated heterocycles. The van der Waals surface area contributed by atoms with Crippen LogP contribution >= 0.6 is 0 Å². The van der Waals surface area contributed by atoms with Crippen molar-refractivity contribution >= 4 is 11.7 Å². The van der Waals surface area contributed by atoms with Crippen LogP contribution in [0.2, 0.25) is 0 Å². The Bertz CT molecular complexity index is 644. The maximum Gasteiger partial charge on any atom is 0.322 e. The highest BCUT2D eigenvalue weighted by molar-refractivity contribution is 5.91. The second kappa shape index (κ2) is 8.19. The summed E-state index contributed by atoms with van der Waals surface area (Å²) in [6.45, 7) is 4.57. The second-order valence-electron chi connectivity index (χ2n) is 5.15. The van der Waals surface area contributed by atoms with E-state index in [4.69, 9.17) is 9.84 Å². The van der Waals surface area contributed by atoms with Gasteiger partial charge in [0.15, 0.2) is 5.75 Å². The lowest BCUT2D eigenvalue weighted by Gasteiger charge is -2.21. The minimum Gasteiger partial charge on any atom is -0.455 e. The van der Waals surface area contributed by atoms with Crippen LogP contribution in [0.1, 0.15) is 12.5 Å². The number of para-hydroxylation sites is 1. The zero-order valence-corrected chi connectivity index (χ0v) is 13.5. The number of rotatable bonds is 6. The van der Waals surface area contributed by atoms with Crippen LogP contribution in [0.4, 0.5) is 10.5 Å². The molecule has 5 nitrogen and oxygen atoms in total. The summed E-state index contributed by atoms with van der Waals surface area (Å²) in [5, 5.41) is 11.9. The minimum atomic E-state index is -0.259. The quantitative estimate of drug-likeness (QED) is 0.856. The molecule has 0 atom stereocenters. The van der Waals surface area contributed by atoms with Gasteiger partial charge < -0.3 is 20.1 Å². The lowest BCUT2D eigenvalue weighted by Crippen LogP contribution is -2.36. The fourth-order valence-electron chi connectivity index (χ4n) is 2.16. The normalized spacial score (nSPS) is 10.2. The van der Waals surface area contributed by atoms with Gasteiger partial charge in [-0.15, -0.1) is 0 Å². The number of aryl methyl sites for hydroxylation is 1. The Kier molecular flexibility index (Phi) is 6.00. The van der Waals surface area contributed by atoms with Crippen molar-refractivity contribution in [2.24, 2.45) is 0 Å². The lowest BCUT2D eigenvalue weighted by atomic mass is 10.2. The highest BCUT2D eigenvalue weighted by atomic mass is 16.5. The molecule has 2 aromatic rings. The molecule has 0 aliphatic heterocycles. The smallest absolute Gasteiger partial charge is 0.322 e. The van der Waals surface area contributed by atoms with E-state index in [9.17, 15) is 4.79 Å². The Balaban J connectivity index is 2.20. The average Bonchev–Trinajstić information content (AvgIpc) is 2.56. The van der Waals surface area contributed by atoms with Crippen LogP contribution in [0.15, 0.2) is 48.5 Å². The number of carbonyl (C=O) groups is 1. The minimum absolute atomic E-state index is 0.0670. The molecule has 122 valence electrons. The summed E-state index contributed by atoms with van der Waals surface area (Å²) in [4.78, 5) is 13.8. The number of aliphatic hydroxyl groups excluding tert-OH is 1. The molecule has 0 saturated carbocycles. The van der Waals surface area contributed by atoms with Gasteiger partial charge in [0.05, 0.1) is 12.3 Å². The summed E-state index contributed by atoms with van der Waals surface area (Å²) >= 11 is 0. The molecule has 0 bridgehead atoms. The Labute approximate surface area is 136 Å². The number of anilines is 1. The number of nitrogens with zero attached hydrogens (tertiary/aromatic N) is 1. The van der Waals surface area contributed by atoms with E-state index in [-0.39, 0.29) is 12.6 Å². The summed E-state index contributed by atoms with van der Waals surface area (Å²) in [6, 6.07) is 14.8. The van der Waals surface area contributed by atoms with Crippen molar-refractivity contribution in [3.05, 3.63) is 54.1 Å². The maximum atomic E-state index is 12.3. The Morgan fingerprint density at radius 2 is 1.96 bits per heavy atom. The Morgan fingerprint density at radius 1 is 1.22 bits per heavy atom. The maximum absolute atomic E-state index is 12.3. The summed E-state index contributed by atoms with van der Waals surface area (Å²) in [6.07, 6.45) is 0. The number of nitrogens with one attached hydrogen (secondary N) is 1. The summed E-state index contributed by atoms with van der Waals surface area (Å²) < 4.78 is 5.86. The van der Waals surface area contributed by atoms with Crippen molar-refractivity contribution in [3.8, 4) is 11.5 Å². The summed E-state index contributed by atoms with van der Waals surface area (Å²) in [7, 11) is 0. The standard InChI is InChI=1S/C18H22N2O3/c1-3-20(11-12-21)18(22)19-16-13-14(2)9-10-17(16)23-15-7-5-4-6-8-15/h4-10,13,21H,3,11-12H2,1-2H3,(H,19,22). The summed E-state index contributed by atoms with van der Waals surface area (Å²) in [5.41, 5.74) is 1.63. The van der Waals surface area contributed by atoms with Crippen molar-refractivity contribution in [2.45, 2.75) is 13.8 Å². The molecule has 23 heavy (non-hydrogen) atoms. The number of ether oxygens (including phenoxy) is 1. The molecule has 2 rings (SSSR count). The van der Waals surface area contributed by atoms with Gasteiger partial charge in [0, 0.05) is 13.1 Å². The van der Waals surface area contributed by atoms with E-state index >= 15 is 0 Å². The van der Waals surface area contributed by atoms with Crippen LogP contribution in [0, 0.1) is 6.92 Å². The van der Waals surface area contributed by atoms with Crippen molar-refractivity contribution in [2.75, 3.05) is 25.0 Å². The third-order valence-electron chi connectivity index (χ3n) is 3.39. The molecular weight excluding hydrogens is 292 g/mol. The molecule has 0 aromatic heterocycles. The van der Waals surface area contributed by atoms with Gasteiger partial charge >= 0.3 is 6.03 Å². The van der Waals surface area contributed by atoms with Crippen LogP contribution in [-0.2, 0) is 0 Å². The first-order valence-corrected chi connectivity index (χ1v) is 7.64. The molecule has 0 fully saturated rings. The topological polar surface area (TPSA) is 61.8 Å². The fourth-order valence-corrected chi connectivity index (χ4v) is 2.16. The van der Waals surface area contributed by atoms with Gasteiger partial charge in [0.2, 0.25) is 0 Å². The van der Waals surface area contributed by atoms with E-state index < -0.39 is 0 Å². The Hall–Kier alpha value is -2.53. The summed E-state index contributed by atoms with van der Waals surface area (Å²) in [5.74, 6) is 1.28. The molecule has 2 aromatic carbocycles. The first kappa shape index (κ1) is 16.8. The number of likely N-dealkylation sites (N-methyl/N-ethyl adjacent to an activating group) is 1. The number of benzene rings is 2. The predicted molar refractivity (Wildman–Crippen MR) is 91.0 cm³/mol. The second-order valence-corrected chi connectivity index (χ2v) is 5.15. The number of hydrogen-bond donors (Lipinski definition) is 2. The largest absolute Gasteiger partial charge is 0.455 e.